The van der Waals surface area contributed by atoms with Crippen molar-refractivity contribution in [2.45, 2.75) is 98.3 Å². The molecule has 3 atom stereocenters. The largest absolute Gasteiger partial charge is 0.390 e. The molecule has 3 unspecified atom stereocenters. The third-order valence-corrected chi connectivity index (χ3v) is 16.4. The van der Waals surface area contributed by atoms with E-state index in [2.05, 4.69) is 31.2 Å². The number of nitrogens with two attached hydrogens (primary N) is 6. The summed E-state index contributed by atoms with van der Waals surface area (Å²) in [5.41, 5.74) is 41.3. The summed E-state index contributed by atoms with van der Waals surface area (Å²) < 4.78 is 113. The van der Waals surface area contributed by atoms with Crippen LogP contribution in [-0.2, 0) is 30.9 Å². The molecular weight excluding hydrogens is 1300 g/mol. The smallest absolute Gasteiger partial charge is 0.383 e. The van der Waals surface area contributed by atoms with Crippen molar-refractivity contribution in [3.8, 4) is 33.8 Å². The summed E-state index contributed by atoms with van der Waals surface area (Å²) in [6, 6.07) is 30.9. The molecule has 0 saturated carbocycles. The van der Waals surface area contributed by atoms with E-state index in [0.29, 0.717) is 69.0 Å². The number of nitrogen functional groups attached to an aromatic ring is 3. The van der Waals surface area contributed by atoms with Crippen LogP contribution in [0.3, 0.4) is 0 Å². The molecule has 6 aromatic carbocycles. The number of amides is 6. The standard InChI is InChI=1S/C25H28FN5O3.C22H21F4N5O2.C22H22F3N5O2/c1-14-3-8-19(26)11-20(14)25(33)29-12-16-4-6-17(7-5-16)22-21(24(28)32)23(27)31(30-22)15(2)18-9-10-34-13-18;1-12-2-7-15(23)10-16(12)21(33)29-11-13-3-5-14(6-4-13)18-17(20(28)32)19(27)31(30-18)9-8-22(24,25)26;1-11-3-8-15(23)9-16(11)22(32)28-10-13-4-6-14(7-5-13)18-17(21(27)31)20(26)30(29-18)12(2)19(24)25/h3-8,11,15,18H,9-10,12-13,27H2,1-2H3,(H2,28,32)(H,29,33);2-7,10H,8-9,11,27H2,1H3,(H2,28,32)(H,29,33);3-9,12,19H,10,26H2,1-2H3,(H2,27,31)(H,28,32). The molecule has 0 spiro atoms. The molecule has 520 valence electrons. The van der Waals surface area contributed by atoms with Crippen molar-refractivity contribution < 1.29 is 68.6 Å². The molecule has 99 heavy (non-hydrogen) atoms. The monoisotopic (exact) mass is 1370 g/mol. The Labute approximate surface area is 562 Å². The van der Waals surface area contributed by atoms with Crippen molar-refractivity contribution in [3.05, 3.63) is 212 Å². The van der Waals surface area contributed by atoms with Crippen LogP contribution in [0, 0.1) is 44.1 Å². The molecule has 3 aromatic heterocycles. The van der Waals surface area contributed by atoms with Crippen LogP contribution in [0.15, 0.2) is 127 Å². The summed E-state index contributed by atoms with van der Waals surface area (Å²) >= 11 is 0. The average Bonchev–Trinajstić information content (AvgIpc) is 1.65. The summed E-state index contributed by atoms with van der Waals surface area (Å²) in [7, 11) is 0. The number of benzene rings is 6. The molecule has 1 aliphatic heterocycles. The first kappa shape index (κ1) is 73.4. The van der Waals surface area contributed by atoms with E-state index in [9.17, 15) is 63.9 Å². The Morgan fingerprint density at radius 2 is 0.869 bits per heavy atom. The first-order valence-electron chi connectivity index (χ1n) is 30.7. The molecule has 6 amide bonds. The minimum atomic E-state index is -4.42. The fraction of sp³-hybridized carbons (Fsp3) is 0.261. The Bertz CT molecular complexity index is 4450. The number of halogens is 8. The van der Waals surface area contributed by atoms with E-state index in [1.54, 1.807) is 92.2 Å². The highest BCUT2D eigenvalue weighted by Gasteiger charge is 2.32. The molecule has 4 heterocycles. The molecule has 10 rings (SSSR count). The van der Waals surface area contributed by atoms with Gasteiger partial charge in [-0.25, -0.2) is 36.0 Å². The number of carbonyl (C=O) groups excluding carboxylic acids is 6. The maximum absolute atomic E-state index is 13.5. The second-order valence-electron chi connectivity index (χ2n) is 23.4. The maximum atomic E-state index is 13.5. The number of nitrogens with one attached hydrogen (secondary N) is 3. The van der Waals surface area contributed by atoms with Gasteiger partial charge < -0.3 is 55.1 Å². The predicted molar refractivity (Wildman–Crippen MR) is 354 cm³/mol. The number of carbonyl (C=O) groups is 6. The Balaban J connectivity index is 0.000000189. The van der Waals surface area contributed by atoms with Crippen molar-refractivity contribution in [2.24, 2.45) is 23.1 Å². The van der Waals surface area contributed by atoms with Gasteiger partial charge in [-0.1, -0.05) is 91.0 Å². The summed E-state index contributed by atoms with van der Waals surface area (Å²) in [5, 5.41) is 21.0. The Hall–Kier alpha value is -11.4. The minimum absolute atomic E-state index is 0.0462. The normalized spacial score (nSPS) is 13.3. The average molecular weight is 1370 g/mol. The zero-order valence-electron chi connectivity index (χ0n) is 54.1. The van der Waals surface area contributed by atoms with E-state index in [4.69, 9.17) is 39.1 Å². The van der Waals surface area contributed by atoms with E-state index in [1.807, 2.05) is 19.1 Å². The zero-order valence-corrected chi connectivity index (χ0v) is 54.1. The van der Waals surface area contributed by atoms with Gasteiger partial charge in [0.1, 0.15) is 74.7 Å². The molecule has 0 aliphatic carbocycles. The highest BCUT2D eigenvalue weighted by molar-refractivity contribution is 6.05. The Kier molecular flexibility index (Phi) is 23.4. The molecular formula is C69H71F8N15O7. The summed E-state index contributed by atoms with van der Waals surface area (Å²) in [6.07, 6.45) is -7.42. The fourth-order valence-corrected chi connectivity index (χ4v) is 10.7. The van der Waals surface area contributed by atoms with Crippen LogP contribution in [0.25, 0.3) is 33.8 Å². The summed E-state index contributed by atoms with van der Waals surface area (Å²) in [4.78, 5) is 73.1. The number of nitrogens with zero attached hydrogens (tertiary/aromatic N) is 6. The van der Waals surface area contributed by atoms with E-state index < -0.39 is 78.6 Å². The topological polar surface area (TPSA) is 357 Å². The zero-order chi connectivity index (χ0) is 72.3. The van der Waals surface area contributed by atoms with E-state index in [0.717, 1.165) is 27.4 Å². The minimum Gasteiger partial charge on any atom is -0.383 e. The van der Waals surface area contributed by atoms with Crippen molar-refractivity contribution in [1.29, 1.82) is 0 Å². The van der Waals surface area contributed by atoms with Gasteiger partial charge in [0, 0.05) is 65.5 Å². The van der Waals surface area contributed by atoms with Gasteiger partial charge in [0.25, 0.3) is 41.9 Å². The highest BCUT2D eigenvalue weighted by Crippen LogP contribution is 2.35. The number of hydrogen-bond donors (Lipinski definition) is 9. The maximum Gasteiger partial charge on any atom is 0.390 e. The first-order valence-corrected chi connectivity index (χ1v) is 30.7. The van der Waals surface area contributed by atoms with Crippen LogP contribution in [0.5, 0.6) is 0 Å². The molecule has 1 saturated heterocycles. The lowest BCUT2D eigenvalue weighted by atomic mass is 10.0. The number of rotatable bonds is 21. The summed E-state index contributed by atoms with van der Waals surface area (Å²) in [5.74, 6) is -5.13. The van der Waals surface area contributed by atoms with Crippen LogP contribution in [0.1, 0.15) is 134 Å². The fourth-order valence-electron chi connectivity index (χ4n) is 10.7. The third-order valence-electron chi connectivity index (χ3n) is 16.4. The molecule has 0 bridgehead atoms. The van der Waals surface area contributed by atoms with Gasteiger partial charge in [-0.2, -0.15) is 28.5 Å². The van der Waals surface area contributed by atoms with Gasteiger partial charge in [0.2, 0.25) is 0 Å². The third kappa shape index (κ3) is 18.0. The molecule has 15 N–H and O–H groups in total. The number of hydrogen-bond acceptors (Lipinski definition) is 13. The van der Waals surface area contributed by atoms with Gasteiger partial charge in [-0.3, -0.25) is 28.8 Å². The van der Waals surface area contributed by atoms with Gasteiger partial charge in [-0.05, 0) is 111 Å². The number of aromatic nitrogens is 6. The highest BCUT2D eigenvalue weighted by atomic mass is 19.4. The van der Waals surface area contributed by atoms with Gasteiger partial charge in [0.15, 0.2) is 0 Å². The molecule has 30 heteroatoms. The number of primary amides is 3. The molecule has 1 fully saturated rings. The van der Waals surface area contributed by atoms with Crippen LogP contribution in [0.2, 0.25) is 0 Å². The number of anilines is 3. The van der Waals surface area contributed by atoms with Gasteiger partial charge >= 0.3 is 6.18 Å². The molecule has 1 aliphatic rings. The lowest BCUT2D eigenvalue weighted by Crippen LogP contribution is -2.23. The van der Waals surface area contributed by atoms with E-state index in [1.165, 1.54) is 49.4 Å². The van der Waals surface area contributed by atoms with Crippen LogP contribution < -0.4 is 50.4 Å². The summed E-state index contributed by atoms with van der Waals surface area (Å²) in [6.45, 7) is 9.71. The van der Waals surface area contributed by atoms with Crippen LogP contribution in [-0.4, -0.2) is 90.6 Å². The van der Waals surface area contributed by atoms with Crippen molar-refractivity contribution >= 4 is 52.9 Å². The van der Waals surface area contributed by atoms with Crippen LogP contribution in [0.4, 0.5) is 52.6 Å². The lowest BCUT2D eigenvalue weighted by molar-refractivity contribution is -0.137. The number of aryl methyl sites for hydroxylation is 4. The number of alkyl halides is 5. The van der Waals surface area contributed by atoms with Gasteiger partial charge in [0.05, 0.1) is 25.6 Å². The van der Waals surface area contributed by atoms with Crippen LogP contribution >= 0.6 is 0 Å². The Morgan fingerprint density at radius 1 is 0.525 bits per heavy atom. The molecule has 22 nitrogen and oxygen atoms in total. The van der Waals surface area contributed by atoms with Crippen molar-refractivity contribution in [1.82, 2.24) is 45.3 Å². The predicted octanol–water partition coefficient (Wildman–Crippen LogP) is 10.2. The lowest BCUT2D eigenvalue weighted by Gasteiger charge is -2.19. The molecule has 9 aromatic rings. The van der Waals surface area contributed by atoms with E-state index >= 15 is 0 Å². The van der Waals surface area contributed by atoms with Gasteiger partial charge in [-0.15, -0.1) is 0 Å². The first-order chi connectivity index (χ1) is 46.8. The SMILES string of the molecule is Cc1ccc(F)cc1C(=O)NCc1ccc(-c2nn(C(C)C(F)F)c(N)c2C(N)=O)cc1.Cc1ccc(F)cc1C(=O)NCc1ccc(-c2nn(C(C)C3CCOC3)c(N)c2C(N)=O)cc1.Cc1ccc(F)cc1C(=O)NCc1ccc(-c2nn(CCC(F)(F)F)c(N)c2C(N)=O)cc1. The number of ether oxygens (including phenoxy) is 1. The van der Waals surface area contributed by atoms with E-state index in [-0.39, 0.29) is 94.2 Å². The Morgan fingerprint density at radius 3 is 1.20 bits per heavy atom. The second kappa shape index (κ2) is 31.6. The quantitative estimate of drug-likeness (QED) is 0.0303. The van der Waals surface area contributed by atoms with Crippen molar-refractivity contribution in [2.75, 3.05) is 30.4 Å². The second-order valence-corrected chi connectivity index (χ2v) is 23.4. The van der Waals surface area contributed by atoms with Crippen molar-refractivity contribution in [3.63, 3.8) is 0 Å². The molecule has 0 radical (unpaired) electrons.